The molecule has 0 heterocycles. The van der Waals surface area contributed by atoms with Gasteiger partial charge < -0.3 is 19.9 Å². The zero-order valence-corrected chi connectivity index (χ0v) is 11.2. The molecule has 1 aromatic carbocycles. The second-order valence-electron chi connectivity index (χ2n) is 4.14. The lowest BCUT2D eigenvalue weighted by Gasteiger charge is -2.06. The highest BCUT2D eigenvalue weighted by molar-refractivity contribution is 5.87. The van der Waals surface area contributed by atoms with Crippen LogP contribution in [0.2, 0.25) is 0 Å². The van der Waals surface area contributed by atoms with Crippen molar-refractivity contribution in [2.75, 3.05) is 33.5 Å². The van der Waals surface area contributed by atoms with E-state index in [1.807, 2.05) is 12.1 Å². The largest absolute Gasteiger partial charge is 0.478 e. The SMILES string of the molecule is COCCOCCCNCc1ccc(C(=O)O)cc1. The van der Waals surface area contributed by atoms with Gasteiger partial charge in [0.05, 0.1) is 18.8 Å². The second kappa shape index (κ2) is 9.49. The van der Waals surface area contributed by atoms with Gasteiger partial charge in [0.2, 0.25) is 0 Å². The minimum atomic E-state index is -0.896. The smallest absolute Gasteiger partial charge is 0.335 e. The standard InChI is InChI=1S/C14H21NO4/c1-18-9-10-19-8-2-7-15-11-12-3-5-13(6-4-12)14(16)17/h3-6,15H,2,7-11H2,1H3,(H,16,17). The molecule has 0 aliphatic carbocycles. The Kier molecular flexibility index (Phi) is 7.81. The van der Waals surface area contributed by atoms with Crippen molar-refractivity contribution in [1.82, 2.24) is 5.32 Å². The van der Waals surface area contributed by atoms with Gasteiger partial charge in [-0.25, -0.2) is 4.79 Å². The number of hydrogen-bond acceptors (Lipinski definition) is 4. The van der Waals surface area contributed by atoms with Crippen LogP contribution in [0.5, 0.6) is 0 Å². The minimum Gasteiger partial charge on any atom is -0.478 e. The Balaban J connectivity index is 2.07. The summed E-state index contributed by atoms with van der Waals surface area (Å²) in [5, 5.41) is 12.1. The highest BCUT2D eigenvalue weighted by Gasteiger charge is 2.01. The van der Waals surface area contributed by atoms with Gasteiger partial charge in [-0.15, -0.1) is 0 Å². The Labute approximate surface area is 113 Å². The first kappa shape index (κ1) is 15.6. The molecule has 0 amide bonds. The Morgan fingerprint density at radius 1 is 1.21 bits per heavy atom. The lowest BCUT2D eigenvalue weighted by molar-refractivity contribution is 0.0694. The van der Waals surface area contributed by atoms with Gasteiger partial charge in [-0.3, -0.25) is 0 Å². The number of benzene rings is 1. The van der Waals surface area contributed by atoms with Gasteiger partial charge in [0.15, 0.2) is 0 Å². The van der Waals surface area contributed by atoms with E-state index in [2.05, 4.69) is 5.32 Å². The van der Waals surface area contributed by atoms with E-state index in [-0.39, 0.29) is 0 Å². The fourth-order valence-corrected chi connectivity index (χ4v) is 1.54. The summed E-state index contributed by atoms with van der Waals surface area (Å²) in [6.45, 7) is 3.58. The monoisotopic (exact) mass is 267 g/mol. The number of carboxylic acid groups (broad SMARTS) is 1. The summed E-state index contributed by atoms with van der Waals surface area (Å²) in [4.78, 5) is 10.7. The number of aromatic carboxylic acids is 1. The normalized spacial score (nSPS) is 10.6. The van der Waals surface area contributed by atoms with E-state index in [4.69, 9.17) is 14.6 Å². The molecule has 0 spiro atoms. The summed E-state index contributed by atoms with van der Waals surface area (Å²) in [7, 11) is 1.65. The van der Waals surface area contributed by atoms with Crippen molar-refractivity contribution in [2.24, 2.45) is 0 Å². The Morgan fingerprint density at radius 3 is 2.58 bits per heavy atom. The van der Waals surface area contributed by atoms with Crippen molar-refractivity contribution in [3.8, 4) is 0 Å². The van der Waals surface area contributed by atoms with Crippen LogP contribution in [0.3, 0.4) is 0 Å². The predicted octanol–water partition coefficient (Wildman–Crippen LogP) is 1.53. The number of hydrogen-bond donors (Lipinski definition) is 2. The molecule has 0 bridgehead atoms. The van der Waals surface area contributed by atoms with Gasteiger partial charge >= 0.3 is 5.97 Å². The molecule has 0 radical (unpaired) electrons. The lowest BCUT2D eigenvalue weighted by atomic mass is 10.1. The molecule has 0 unspecified atom stereocenters. The van der Waals surface area contributed by atoms with Crippen LogP contribution in [0.15, 0.2) is 24.3 Å². The van der Waals surface area contributed by atoms with E-state index >= 15 is 0 Å². The Bertz CT molecular complexity index is 364. The number of rotatable bonds is 10. The fraction of sp³-hybridized carbons (Fsp3) is 0.500. The first-order valence-electron chi connectivity index (χ1n) is 6.33. The van der Waals surface area contributed by atoms with Crippen molar-refractivity contribution in [2.45, 2.75) is 13.0 Å². The van der Waals surface area contributed by atoms with Crippen LogP contribution in [-0.2, 0) is 16.0 Å². The molecule has 0 fully saturated rings. The third-order valence-corrected chi connectivity index (χ3v) is 2.60. The van der Waals surface area contributed by atoms with Gasteiger partial charge in [-0.05, 0) is 30.7 Å². The van der Waals surface area contributed by atoms with E-state index in [9.17, 15) is 4.79 Å². The van der Waals surface area contributed by atoms with Gasteiger partial charge in [0, 0.05) is 20.3 Å². The molecule has 0 aromatic heterocycles. The van der Waals surface area contributed by atoms with Gasteiger partial charge in [-0.1, -0.05) is 12.1 Å². The molecule has 2 N–H and O–H groups in total. The third kappa shape index (κ3) is 6.91. The fourth-order valence-electron chi connectivity index (χ4n) is 1.54. The first-order chi connectivity index (χ1) is 9.24. The number of ether oxygens (including phenoxy) is 2. The maximum Gasteiger partial charge on any atom is 0.335 e. The van der Waals surface area contributed by atoms with Gasteiger partial charge in [-0.2, -0.15) is 0 Å². The molecular formula is C14H21NO4. The van der Waals surface area contributed by atoms with Crippen LogP contribution in [0, 0.1) is 0 Å². The van der Waals surface area contributed by atoms with Gasteiger partial charge in [0.25, 0.3) is 0 Å². The summed E-state index contributed by atoms with van der Waals surface area (Å²) in [5.41, 5.74) is 1.39. The Hall–Kier alpha value is -1.43. The number of carboxylic acids is 1. The summed E-state index contributed by atoms with van der Waals surface area (Å²) in [6, 6.07) is 6.89. The number of carbonyl (C=O) groups is 1. The van der Waals surface area contributed by atoms with Crippen LogP contribution < -0.4 is 5.32 Å². The number of nitrogens with one attached hydrogen (secondary N) is 1. The number of methoxy groups -OCH3 is 1. The zero-order chi connectivity index (χ0) is 13.9. The molecule has 0 atom stereocenters. The second-order valence-corrected chi connectivity index (χ2v) is 4.14. The Morgan fingerprint density at radius 2 is 1.95 bits per heavy atom. The van der Waals surface area contributed by atoms with Crippen molar-refractivity contribution >= 4 is 5.97 Å². The molecule has 5 heteroatoms. The summed E-state index contributed by atoms with van der Waals surface area (Å²) in [5.74, 6) is -0.896. The zero-order valence-electron chi connectivity index (χ0n) is 11.2. The summed E-state index contributed by atoms with van der Waals surface area (Å²) in [6.07, 6.45) is 0.941. The minimum absolute atomic E-state index is 0.315. The molecule has 106 valence electrons. The van der Waals surface area contributed by atoms with E-state index < -0.39 is 5.97 Å². The summed E-state index contributed by atoms with van der Waals surface area (Å²) >= 11 is 0. The van der Waals surface area contributed by atoms with Crippen LogP contribution in [0.4, 0.5) is 0 Å². The molecule has 1 aromatic rings. The first-order valence-corrected chi connectivity index (χ1v) is 6.33. The quantitative estimate of drug-likeness (QED) is 0.629. The van der Waals surface area contributed by atoms with Crippen LogP contribution in [-0.4, -0.2) is 44.6 Å². The molecule has 0 saturated carbocycles. The van der Waals surface area contributed by atoms with Crippen LogP contribution in [0.1, 0.15) is 22.3 Å². The molecular weight excluding hydrogens is 246 g/mol. The van der Waals surface area contributed by atoms with Gasteiger partial charge in [0.1, 0.15) is 0 Å². The summed E-state index contributed by atoms with van der Waals surface area (Å²) < 4.78 is 10.2. The molecule has 1 rings (SSSR count). The predicted molar refractivity (Wildman–Crippen MR) is 72.4 cm³/mol. The van der Waals surface area contributed by atoms with Crippen molar-refractivity contribution in [1.29, 1.82) is 0 Å². The molecule has 19 heavy (non-hydrogen) atoms. The van der Waals surface area contributed by atoms with Crippen molar-refractivity contribution in [3.63, 3.8) is 0 Å². The molecule has 0 aliphatic heterocycles. The van der Waals surface area contributed by atoms with E-state index in [1.54, 1.807) is 19.2 Å². The van der Waals surface area contributed by atoms with E-state index in [0.29, 0.717) is 25.4 Å². The highest BCUT2D eigenvalue weighted by atomic mass is 16.5. The van der Waals surface area contributed by atoms with Crippen molar-refractivity contribution < 1.29 is 19.4 Å². The molecule has 5 nitrogen and oxygen atoms in total. The molecule has 0 saturated heterocycles. The van der Waals surface area contributed by atoms with Crippen LogP contribution in [0.25, 0.3) is 0 Å². The third-order valence-electron chi connectivity index (χ3n) is 2.60. The van der Waals surface area contributed by atoms with E-state index in [0.717, 1.165) is 25.1 Å². The van der Waals surface area contributed by atoms with Crippen molar-refractivity contribution in [3.05, 3.63) is 35.4 Å². The highest BCUT2D eigenvalue weighted by Crippen LogP contribution is 2.04. The molecule has 0 aliphatic rings. The topological polar surface area (TPSA) is 67.8 Å². The average Bonchev–Trinajstić information content (AvgIpc) is 2.42. The lowest BCUT2D eigenvalue weighted by Crippen LogP contribution is -2.17. The maximum absolute atomic E-state index is 10.7. The van der Waals surface area contributed by atoms with Crippen LogP contribution >= 0.6 is 0 Å². The average molecular weight is 267 g/mol. The maximum atomic E-state index is 10.7. The van der Waals surface area contributed by atoms with E-state index in [1.165, 1.54) is 0 Å².